The highest BCUT2D eigenvalue weighted by Crippen LogP contribution is 2.17. The third-order valence-corrected chi connectivity index (χ3v) is 4.20. The molecule has 4 aromatic rings. The summed E-state index contributed by atoms with van der Waals surface area (Å²) in [6.45, 7) is 2.00. The Kier molecular flexibility index (Phi) is 4.20. The van der Waals surface area contributed by atoms with Gasteiger partial charge in [0.1, 0.15) is 5.58 Å². The molecule has 0 aliphatic rings. The molecule has 0 saturated carbocycles. The Morgan fingerprint density at radius 1 is 0.846 bits per heavy atom. The van der Waals surface area contributed by atoms with Gasteiger partial charge in [-0.15, -0.1) is 0 Å². The van der Waals surface area contributed by atoms with Crippen LogP contribution in [0.2, 0.25) is 0 Å². The molecular weight excluding hydrogens is 322 g/mol. The Hall–Kier alpha value is -3.46. The summed E-state index contributed by atoms with van der Waals surface area (Å²) in [4.78, 5) is 17.7. The smallest absolute Gasteiger partial charge is 0.231 e. The van der Waals surface area contributed by atoms with Crippen LogP contribution < -0.4 is 5.55 Å². The molecule has 0 amide bonds. The molecule has 0 aliphatic carbocycles. The summed E-state index contributed by atoms with van der Waals surface area (Å²) in [6.07, 6.45) is 0. The number of para-hydroxylation sites is 2. The summed E-state index contributed by atoms with van der Waals surface area (Å²) in [5.41, 5.74) is 3.94. The summed E-state index contributed by atoms with van der Waals surface area (Å²) >= 11 is 0. The number of aryl methyl sites for hydroxylation is 1. The van der Waals surface area contributed by atoms with Crippen LogP contribution in [0.15, 0.2) is 94.3 Å². The average Bonchev–Trinajstić information content (AvgIpc) is 2.68. The van der Waals surface area contributed by atoms with Gasteiger partial charge in [-0.2, -0.15) is 0 Å². The van der Waals surface area contributed by atoms with Gasteiger partial charge in [-0.25, -0.2) is 4.99 Å². The molecule has 0 atom stereocenters. The lowest BCUT2D eigenvalue weighted by Crippen LogP contribution is -2.16. The second-order valence-corrected chi connectivity index (χ2v) is 6.15. The Morgan fingerprint density at radius 3 is 2.31 bits per heavy atom. The van der Waals surface area contributed by atoms with E-state index in [9.17, 15) is 4.79 Å². The summed E-state index contributed by atoms with van der Waals surface area (Å²) < 4.78 is 5.98. The Balaban J connectivity index is 1.94. The molecule has 0 saturated heterocycles. The van der Waals surface area contributed by atoms with E-state index in [1.54, 1.807) is 0 Å². The first kappa shape index (κ1) is 16.0. The first-order valence-electron chi connectivity index (χ1n) is 8.45. The monoisotopic (exact) mass is 339 g/mol. The van der Waals surface area contributed by atoms with Gasteiger partial charge < -0.3 is 4.42 Å². The van der Waals surface area contributed by atoms with Gasteiger partial charge in [-0.05, 0) is 31.2 Å². The zero-order valence-corrected chi connectivity index (χ0v) is 14.3. The summed E-state index contributed by atoms with van der Waals surface area (Å²) in [5, 5.41) is 0.870. The van der Waals surface area contributed by atoms with Crippen molar-refractivity contribution >= 4 is 22.4 Å². The Labute approximate surface area is 151 Å². The molecule has 1 heterocycles. The predicted octanol–water partition coefficient (Wildman–Crippen LogP) is 5.20. The summed E-state index contributed by atoms with van der Waals surface area (Å²) in [6, 6.07) is 26.5. The maximum absolute atomic E-state index is 13.1. The van der Waals surface area contributed by atoms with Crippen molar-refractivity contribution in [3.63, 3.8) is 0 Å². The number of nitrogens with zero attached hydrogens (tertiary/aromatic N) is 1. The molecule has 0 aliphatic heterocycles. The number of carbonyl (C=O) groups excluding carboxylic acids is 1. The molecule has 0 unspecified atom stereocenters. The van der Waals surface area contributed by atoms with Crippen molar-refractivity contribution < 1.29 is 9.21 Å². The van der Waals surface area contributed by atoms with Crippen molar-refractivity contribution in [2.45, 2.75) is 6.92 Å². The fraction of sp³-hybridized carbons (Fsp3) is 0.0435. The second kappa shape index (κ2) is 6.81. The van der Waals surface area contributed by atoms with Crippen LogP contribution in [0.4, 0.5) is 5.69 Å². The van der Waals surface area contributed by atoms with Crippen LogP contribution >= 0.6 is 0 Å². The highest BCUT2D eigenvalue weighted by Gasteiger charge is 2.14. The second-order valence-electron chi connectivity index (χ2n) is 6.15. The molecule has 3 aromatic carbocycles. The minimum Gasteiger partial charge on any atom is -0.438 e. The fourth-order valence-corrected chi connectivity index (χ4v) is 2.80. The van der Waals surface area contributed by atoms with Gasteiger partial charge in [-0.3, -0.25) is 4.79 Å². The van der Waals surface area contributed by atoms with Crippen LogP contribution in [-0.4, -0.2) is 5.78 Å². The summed E-state index contributed by atoms with van der Waals surface area (Å²) in [7, 11) is 0. The van der Waals surface area contributed by atoms with Crippen molar-refractivity contribution in [1.82, 2.24) is 0 Å². The normalized spacial score (nSPS) is 11.7. The molecule has 0 N–H and O–H groups in total. The van der Waals surface area contributed by atoms with E-state index in [-0.39, 0.29) is 5.78 Å². The molecule has 4 rings (SSSR count). The van der Waals surface area contributed by atoms with E-state index in [1.807, 2.05) is 91.9 Å². The van der Waals surface area contributed by atoms with E-state index in [2.05, 4.69) is 4.99 Å². The lowest BCUT2D eigenvalue weighted by molar-refractivity contribution is 0.103. The number of ketones is 1. The van der Waals surface area contributed by atoms with Crippen LogP contribution in [0.3, 0.4) is 0 Å². The van der Waals surface area contributed by atoms with Gasteiger partial charge >= 0.3 is 0 Å². The maximum atomic E-state index is 13.1. The third-order valence-electron chi connectivity index (χ3n) is 4.20. The third kappa shape index (κ3) is 3.20. The Bertz CT molecular complexity index is 1140. The first-order valence-corrected chi connectivity index (χ1v) is 8.45. The minimum absolute atomic E-state index is 0.103. The lowest BCUT2D eigenvalue weighted by Gasteiger charge is -2.05. The molecule has 126 valence electrons. The van der Waals surface area contributed by atoms with E-state index < -0.39 is 0 Å². The molecule has 3 nitrogen and oxygen atoms in total. The zero-order valence-electron chi connectivity index (χ0n) is 14.3. The number of rotatable bonds is 3. The lowest BCUT2D eigenvalue weighted by atomic mass is 10.0. The van der Waals surface area contributed by atoms with E-state index in [1.165, 1.54) is 0 Å². The number of hydrogen-bond donors (Lipinski definition) is 0. The molecule has 0 spiro atoms. The first-order chi connectivity index (χ1) is 12.7. The van der Waals surface area contributed by atoms with Crippen LogP contribution in [0.5, 0.6) is 0 Å². The van der Waals surface area contributed by atoms with Gasteiger partial charge in [0.15, 0.2) is 5.78 Å². The molecule has 1 aromatic heterocycles. The maximum Gasteiger partial charge on any atom is 0.231 e. The average molecular weight is 339 g/mol. The number of benzene rings is 3. The highest BCUT2D eigenvalue weighted by molar-refractivity contribution is 6.09. The molecule has 0 bridgehead atoms. The zero-order chi connectivity index (χ0) is 17.9. The van der Waals surface area contributed by atoms with Crippen molar-refractivity contribution in [3.05, 3.63) is 107 Å². The van der Waals surface area contributed by atoms with E-state index in [0.29, 0.717) is 22.3 Å². The van der Waals surface area contributed by atoms with E-state index in [0.717, 1.165) is 16.6 Å². The quantitative estimate of drug-likeness (QED) is 0.481. The van der Waals surface area contributed by atoms with Crippen molar-refractivity contribution in [3.8, 4) is 0 Å². The SMILES string of the molecule is Cc1ccc(C(=O)c2cc3ccccc3oc2=Nc2ccccc2)cc1. The Morgan fingerprint density at radius 2 is 1.54 bits per heavy atom. The molecule has 26 heavy (non-hydrogen) atoms. The number of fused-ring (bicyclic) bond motifs is 1. The molecular formula is C23H17NO2. The topological polar surface area (TPSA) is 42.6 Å². The van der Waals surface area contributed by atoms with Crippen LogP contribution in [-0.2, 0) is 0 Å². The number of carbonyl (C=O) groups is 1. The van der Waals surface area contributed by atoms with Crippen LogP contribution in [0.25, 0.3) is 11.0 Å². The predicted molar refractivity (Wildman–Crippen MR) is 102 cm³/mol. The van der Waals surface area contributed by atoms with Gasteiger partial charge in [0.05, 0.1) is 11.3 Å². The standard InChI is InChI=1S/C23H17NO2/c1-16-11-13-17(14-12-16)22(25)20-15-18-7-5-6-10-21(18)26-23(20)24-19-8-3-2-4-9-19/h2-15H,1H3. The van der Waals surface area contributed by atoms with Crippen molar-refractivity contribution in [1.29, 1.82) is 0 Å². The van der Waals surface area contributed by atoms with Crippen LogP contribution in [0, 0.1) is 6.92 Å². The highest BCUT2D eigenvalue weighted by atomic mass is 16.3. The van der Waals surface area contributed by atoms with E-state index >= 15 is 0 Å². The van der Waals surface area contributed by atoms with Crippen molar-refractivity contribution in [2.75, 3.05) is 0 Å². The largest absolute Gasteiger partial charge is 0.438 e. The minimum atomic E-state index is -0.103. The van der Waals surface area contributed by atoms with Gasteiger partial charge in [-0.1, -0.05) is 66.2 Å². The molecule has 0 fully saturated rings. The fourth-order valence-electron chi connectivity index (χ4n) is 2.80. The van der Waals surface area contributed by atoms with Gasteiger partial charge in [0, 0.05) is 10.9 Å². The molecule has 3 heteroatoms. The van der Waals surface area contributed by atoms with Gasteiger partial charge in [0.25, 0.3) is 0 Å². The van der Waals surface area contributed by atoms with Crippen molar-refractivity contribution in [2.24, 2.45) is 4.99 Å². The molecule has 0 radical (unpaired) electrons. The van der Waals surface area contributed by atoms with Gasteiger partial charge in [0.2, 0.25) is 5.55 Å². The van der Waals surface area contributed by atoms with Crippen LogP contribution in [0.1, 0.15) is 21.5 Å². The summed E-state index contributed by atoms with van der Waals surface area (Å²) in [5.74, 6) is -0.103. The van der Waals surface area contributed by atoms with E-state index in [4.69, 9.17) is 4.42 Å². The number of hydrogen-bond acceptors (Lipinski definition) is 3.